The summed E-state index contributed by atoms with van der Waals surface area (Å²) in [6, 6.07) is 0. The molecule has 13 heteroatoms. The van der Waals surface area contributed by atoms with Crippen molar-refractivity contribution in [2.75, 3.05) is 6.61 Å². The second-order valence-electron chi connectivity index (χ2n) is 4.25. The summed E-state index contributed by atoms with van der Waals surface area (Å²) in [5, 5.41) is 23.2. The highest BCUT2D eigenvalue weighted by molar-refractivity contribution is 7.46. The first-order valence-electron chi connectivity index (χ1n) is 5.61. The average molecular weight is 324 g/mol. The predicted molar refractivity (Wildman–Crippen MR) is 62.5 cm³/mol. The van der Waals surface area contributed by atoms with Gasteiger partial charge in [0.2, 0.25) is 5.82 Å². The third-order valence-corrected chi connectivity index (χ3v) is 3.22. The fraction of sp³-hybridized carbons (Fsp3) is 0.625. The summed E-state index contributed by atoms with van der Waals surface area (Å²) in [6.45, 7) is -0.642. The SMILES string of the molecule is NC(=O)c1ncn([C@@H]2O[C@@H](COP(=O)(O)O)[C@H](O)[C@H]2O)n1. The number of amides is 1. The minimum Gasteiger partial charge on any atom is -0.387 e. The van der Waals surface area contributed by atoms with Crippen LogP contribution in [0.2, 0.25) is 0 Å². The molecule has 0 aliphatic carbocycles. The maximum Gasteiger partial charge on any atom is 0.469 e. The third-order valence-electron chi connectivity index (χ3n) is 2.73. The van der Waals surface area contributed by atoms with E-state index in [1.165, 1.54) is 0 Å². The topological polar surface area (TPSA) is 190 Å². The van der Waals surface area contributed by atoms with Gasteiger partial charge in [-0.05, 0) is 0 Å². The molecule has 2 rings (SSSR count). The lowest BCUT2D eigenvalue weighted by Gasteiger charge is -2.14. The minimum atomic E-state index is -4.73. The Morgan fingerprint density at radius 1 is 1.48 bits per heavy atom. The second-order valence-corrected chi connectivity index (χ2v) is 5.48. The molecule has 0 aromatic carbocycles. The highest BCUT2D eigenvalue weighted by Gasteiger charge is 2.45. The monoisotopic (exact) mass is 324 g/mol. The Morgan fingerprint density at radius 3 is 2.67 bits per heavy atom. The lowest BCUT2D eigenvalue weighted by atomic mass is 10.1. The van der Waals surface area contributed by atoms with Gasteiger partial charge in [-0.2, -0.15) is 0 Å². The van der Waals surface area contributed by atoms with Crippen LogP contribution in [0.5, 0.6) is 0 Å². The molecule has 1 aromatic rings. The van der Waals surface area contributed by atoms with Gasteiger partial charge in [0, 0.05) is 0 Å². The van der Waals surface area contributed by atoms with Crippen molar-refractivity contribution in [3.8, 4) is 0 Å². The van der Waals surface area contributed by atoms with Gasteiger partial charge < -0.3 is 30.5 Å². The number of carbonyl (C=O) groups excluding carboxylic acids is 1. The fourth-order valence-electron chi connectivity index (χ4n) is 1.77. The van der Waals surface area contributed by atoms with Gasteiger partial charge in [0.1, 0.15) is 24.6 Å². The van der Waals surface area contributed by atoms with Gasteiger partial charge in [0.15, 0.2) is 6.23 Å². The molecule has 4 atom stereocenters. The lowest BCUT2D eigenvalue weighted by molar-refractivity contribution is -0.0581. The Labute approximate surface area is 117 Å². The molecule has 1 fully saturated rings. The molecule has 0 spiro atoms. The summed E-state index contributed by atoms with van der Waals surface area (Å²) >= 11 is 0. The summed E-state index contributed by atoms with van der Waals surface area (Å²) in [4.78, 5) is 31.6. The normalized spacial score (nSPS) is 29.7. The van der Waals surface area contributed by atoms with E-state index in [4.69, 9.17) is 20.3 Å². The minimum absolute atomic E-state index is 0.310. The second kappa shape index (κ2) is 5.77. The Kier molecular flexibility index (Phi) is 4.39. The van der Waals surface area contributed by atoms with Crippen LogP contribution < -0.4 is 5.73 Å². The number of primary amides is 1. The number of rotatable bonds is 5. The smallest absolute Gasteiger partial charge is 0.387 e. The van der Waals surface area contributed by atoms with E-state index in [0.717, 1.165) is 11.0 Å². The molecule has 1 aromatic heterocycles. The van der Waals surface area contributed by atoms with Crippen molar-refractivity contribution in [1.82, 2.24) is 14.8 Å². The van der Waals surface area contributed by atoms with E-state index in [1.807, 2.05) is 0 Å². The molecule has 1 amide bonds. The predicted octanol–water partition coefficient (Wildman–Crippen LogP) is -2.89. The Balaban J connectivity index is 2.08. The van der Waals surface area contributed by atoms with E-state index in [-0.39, 0.29) is 5.82 Å². The molecule has 118 valence electrons. The lowest BCUT2D eigenvalue weighted by Crippen LogP contribution is -2.33. The largest absolute Gasteiger partial charge is 0.469 e. The van der Waals surface area contributed by atoms with Gasteiger partial charge in [-0.3, -0.25) is 9.32 Å². The van der Waals surface area contributed by atoms with Crippen molar-refractivity contribution in [3.05, 3.63) is 12.2 Å². The maximum atomic E-state index is 10.9. The molecule has 0 unspecified atom stereocenters. The number of aliphatic hydroxyl groups is 2. The van der Waals surface area contributed by atoms with Gasteiger partial charge in [-0.1, -0.05) is 0 Å². The Hall–Kier alpha value is -1.40. The van der Waals surface area contributed by atoms with Crippen molar-refractivity contribution in [1.29, 1.82) is 0 Å². The van der Waals surface area contributed by atoms with Crippen molar-refractivity contribution in [3.63, 3.8) is 0 Å². The quantitative estimate of drug-likeness (QED) is 0.351. The van der Waals surface area contributed by atoms with Gasteiger partial charge >= 0.3 is 7.82 Å². The van der Waals surface area contributed by atoms with Gasteiger partial charge in [-0.25, -0.2) is 14.2 Å². The number of phosphoric ester groups is 1. The standard InChI is InChI=1S/C8H13N4O8P/c9-6(15)7-10-2-12(11-7)8-5(14)4(13)3(20-8)1-19-21(16,17)18/h2-5,8,13-14H,1H2,(H2,9,15)(H2,16,17,18)/t3-,4-,5+,8+/m0/s1. The third kappa shape index (κ3) is 3.63. The van der Waals surface area contributed by atoms with Crippen molar-refractivity contribution < 1.29 is 38.6 Å². The van der Waals surface area contributed by atoms with E-state index < -0.39 is 44.9 Å². The molecular formula is C8H13N4O8P. The number of nitrogens with two attached hydrogens (primary N) is 1. The van der Waals surface area contributed by atoms with E-state index in [0.29, 0.717) is 0 Å². The summed E-state index contributed by atoms with van der Waals surface area (Å²) in [5.41, 5.74) is 4.97. The van der Waals surface area contributed by atoms with Crippen LogP contribution >= 0.6 is 7.82 Å². The highest BCUT2D eigenvalue weighted by atomic mass is 31.2. The first kappa shape index (κ1) is 16.0. The summed E-state index contributed by atoms with van der Waals surface area (Å²) < 4.78 is 21.0. The number of aliphatic hydroxyl groups excluding tert-OH is 2. The van der Waals surface area contributed by atoms with E-state index in [1.54, 1.807) is 0 Å². The van der Waals surface area contributed by atoms with Crippen LogP contribution in [-0.4, -0.2) is 65.6 Å². The molecule has 1 aliphatic heterocycles. The van der Waals surface area contributed by atoms with Crippen LogP contribution in [0, 0.1) is 0 Å². The van der Waals surface area contributed by atoms with E-state index in [9.17, 15) is 19.6 Å². The van der Waals surface area contributed by atoms with Crippen LogP contribution in [0.3, 0.4) is 0 Å². The van der Waals surface area contributed by atoms with Crippen LogP contribution in [0.4, 0.5) is 0 Å². The van der Waals surface area contributed by atoms with Gasteiger partial charge in [0.25, 0.3) is 5.91 Å². The molecular weight excluding hydrogens is 311 g/mol. The molecule has 1 aliphatic rings. The average Bonchev–Trinajstić information content (AvgIpc) is 2.94. The molecule has 2 heterocycles. The van der Waals surface area contributed by atoms with Crippen LogP contribution in [0.15, 0.2) is 6.33 Å². The summed E-state index contributed by atoms with van der Waals surface area (Å²) in [6.07, 6.45) is -4.27. The zero-order valence-electron chi connectivity index (χ0n) is 10.4. The van der Waals surface area contributed by atoms with E-state index >= 15 is 0 Å². The van der Waals surface area contributed by atoms with Crippen molar-refractivity contribution in [2.24, 2.45) is 5.73 Å². The zero-order chi connectivity index (χ0) is 15.8. The Morgan fingerprint density at radius 2 is 2.14 bits per heavy atom. The number of aromatic nitrogens is 3. The maximum absolute atomic E-state index is 10.9. The molecule has 0 saturated carbocycles. The zero-order valence-corrected chi connectivity index (χ0v) is 11.3. The first-order valence-corrected chi connectivity index (χ1v) is 7.14. The van der Waals surface area contributed by atoms with Crippen LogP contribution in [0.1, 0.15) is 16.8 Å². The van der Waals surface area contributed by atoms with E-state index in [2.05, 4.69) is 14.6 Å². The fourth-order valence-corrected chi connectivity index (χ4v) is 2.11. The van der Waals surface area contributed by atoms with Gasteiger partial charge in [0.05, 0.1) is 6.61 Å². The summed E-state index contributed by atoms with van der Waals surface area (Å²) in [7, 11) is -4.73. The molecule has 6 N–H and O–H groups in total. The Bertz CT molecular complexity index is 572. The molecule has 12 nitrogen and oxygen atoms in total. The highest BCUT2D eigenvalue weighted by Crippen LogP contribution is 2.38. The summed E-state index contributed by atoms with van der Waals surface area (Å²) in [5.74, 6) is -1.20. The number of hydrogen-bond acceptors (Lipinski definition) is 8. The van der Waals surface area contributed by atoms with Crippen molar-refractivity contribution in [2.45, 2.75) is 24.5 Å². The van der Waals surface area contributed by atoms with Crippen LogP contribution in [-0.2, 0) is 13.8 Å². The number of carbonyl (C=O) groups is 1. The van der Waals surface area contributed by atoms with Gasteiger partial charge in [-0.15, -0.1) is 5.10 Å². The number of nitrogens with zero attached hydrogens (tertiary/aromatic N) is 3. The number of phosphoric acid groups is 1. The molecule has 21 heavy (non-hydrogen) atoms. The number of hydrogen-bond donors (Lipinski definition) is 5. The van der Waals surface area contributed by atoms with Crippen molar-refractivity contribution >= 4 is 13.7 Å². The molecule has 1 saturated heterocycles. The molecule has 0 bridgehead atoms. The number of ether oxygens (including phenoxy) is 1. The first-order chi connectivity index (χ1) is 9.69. The van der Waals surface area contributed by atoms with Crippen LogP contribution in [0.25, 0.3) is 0 Å². The molecule has 0 radical (unpaired) electrons.